The van der Waals surface area contributed by atoms with Crippen LogP contribution in [0, 0.1) is 6.92 Å². The number of aryl methyl sites for hydroxylation is 1. The third-order valence-corrected chi connectivity index (χ3v) is 6.45. The molecule has 5 aromatic rings. The van der Waals surface area contributed by atoms with Crippen LogP contribution in [-0.2, 0) is 0 Å². The zero-order chi connectivity index (χ0) is 26.3. The van der Waals surface area contributed by atoms with Gasteiger partial charge in [-0.15, -0.1) is 0 Å². The summed E-state index contributed by atoms with van der Waals surface area (Å²) in [5, 5.41) is 3.75. The largest absolute Gasteiger partial charge is 0.396 e. The fourth-order valence-electron chi connectivity index (χ4n) is 4.43. The summed E-state index contributed by atoms with van der Waals surface area (Å²) in [4.78, 5) is 43.2. The van der Waals surface area contributed by atoms with Crippen molar-refractivity contribution >= 4 is 45.7 Å². The molecule has 37 heavy (non-hydrogen) atoms. The zero-order valence-electron chi connectivity index (χ0n) is 20.1. The second-order valence-electron chi connectivity index (χ2n) is 8.75. The number of nitrogens with zero attached hydrogens (tertiary/aromatic N) is 1. The number of rotatable bonds is 5. The van der Waals surface area contributed by atoms with Crippen LogP contribution in [-0.4, -0.2) is 21.2 Å². The standard InChI is InChI=1S/C29H23ClN4O3/c1-16-8-14-21(15-9-16)34-27-24(23(18-6-4-3-5-7-18)22(17(2)35)29(34)37)25(31)26(33-27)28(36)32-20-12-10-19(30)11-13-20/h3-15,33H,31H2,1-2H3,(H,32,36). The summed E-state index contributed by atoms with van der Waals surface area (Å²) >= 11 is 5.96. The summed E-state index contributed by atoms with van der Waals surface area (Å²) in [7, 11) is 0. The number of nitrogens with two attached hydrogens (primary N) is 1. The molecule has 3 aromatic carbocycles. The zero-order valence-corrected chi connectivity index (χ0v) is 20.9. The molecule has 0 unspecified atom stereocenters. The lowest BCUT2D eigenvalue weighted by Crippen LogP contribution is -2.26. The molecule has 0 aliphatic heterocycles. The average Bonchev–Trinajstić information content (AvgIpc) is 3.22. The second kappa shape index (κ2) is 9.44. The summed E-state index contributed by atoms with van der Waals surface area (Å²) in [6.45, 7) is 3.29. The van der Waals surface area contributed by atoms with Gasteiger partial charge in [-0.25, -0.2) is 0 Å². The highest BCUT2D eigenvalue weighted by molar-refractivity contribution is 6.30. The third kappa shape index (κ3) is 4.30. The van der Waals surface area contributed by atoms with Gasteiger partial charge in [0.2, 0.25) is 0 Å². The molecule has 7 nitrogen and oxygen atoms in total. The highest BCUT2D eigenvalue weighted by atomic mass is 35.5. The third-order valence-electron chi connectivity index (χ3n) is 6.20. The lowest BCUT2D eigenvalue weighted by atomic mass is 9.95. The first-order valence-electron chi connectivity index (χ1n) is 11.6. The first-order valence-corrected chi connectivity index (χ1v) is 11.9. The van der Waals surface area contributed by atoms with Crippen molar-refractivity contribution in [2.75, 3.05) is 11.1 Å². The van der Waals surface area contributed by atoms with E-state index in [1.165, 1.54) is 11.5 Å². The second-order valence-corrected chi connectivity index (χ2v) is 9.18. The number of nitrogen functional groups attached to an aromatic ring is 1. The Bertz CT molecular complexity index is 1720. The SMILES string of the molecule is CC(=O)c1c(-c2ccccc2)c2c(N)c(C(=O)Nc3ccc(Cl)cc3)[nH]c2n(-c2ccc(C)cc2)c1=O. The van der Waals surface area contributed by atoms with Gasteiger partial charge in [0.15, 0.2) is 5.78 Å². The number of Topliss-reactive ketones (excluding diaryl/α,β-unsaturated/α-hetero) is 1. The Hall–Kier alpha value is -4.62. The number of ketones is 1. The topological polar surface area (TPSA) is 110 Å². The van der Waals surface area contributed by atoms with E-state index in [2.05, 4.69) is 10.3 Å². The van der Waals surface area contributed by atoms with E-state index in [0.29, 0.717) is 38.6 Å². The van der Waals surface area contributed by atoms with E-state index in [-0.39, 0.29) is 16.9 Å². The van der Waals surface area contributed by atoms with Gasteiger partial charge in [-0.05, 0) is 55.8 Å². The predicted octanol–water partition coefficient (Wildman–Crippen LogP) is 5.98. The van der Waals surface area contributed by atoms with Crippen LogP contribution in [0.1, 0.15) is 33.3 Å². The van der Waals surface area contributed by atoms with E-state index < -0.39 is 17.2 Å². The maximum Gasteiger partial charge on any atom is 0.274 e. The van der Waals surface area contributed by atoms with Crippen molar-refractivity contribution in [1.29, 1.82) is 0 Å². The van der Waals surface area contributed by atoms with E-state index in [4.69, 9.17) is 17.3 Å². The molecule has 8 heteroatoms. The summed E-state index contributed by atoms with van der Waals surface area (Å²) in [5.74, 6) is -0.901. The van der Waals surface area contributed by atoms with Crippen molar-refractivity contribution in [2.45, 2.75) is 13.8 Å². The number of fused-ring (bicyclic) bond motifs is 1. The number of hydrogen-bond donors (Lipinski definition) is 3. The smallest absolute Gasteiger partial charge is 0.274 e. The predicted molar refractivity (Wildman–Crippen MR) is 148 cm³/mol. The molecule has 0 aliphatic rings. The van der Waals surface area contributed by atoms with Gasteiger partial charge >= 0.3 is 0 Å². The molecule has 0 saturated carbocycles. The molecule has 0 aliphatic carbocycles. The number of halogens is 1. The Labute approximate surface area is 217 Å². The molecule has 0 saturated heterocycles. The van der Waals surface area contributed by atoms with Crippen molar-refractivity contribution in [3.05, 3.63) is 111 Å². The molecule has 0 spiro atoms. The fraction of sp³-hybridized carbons (Fsp3) is 0.0690. The van der Waals surface area contributed by atoms with Crippen molar-refractivity contribution in [2.24, 2.45) is 0 Å². The van der Waals surface area contributed by atoms with Crippen LogP contribution < -0.4 is 16.6 Å². The summed E-state index contributed by atoms with van der Waals surface area (Å²) in [6.07, 6.45) is 0. The fourth-order valence-corrected chi connectivity index (χ4v) is 4.56. The Kier molecular flexibility index (Phi) is 6.15. The van der Waals surface area contributed by atoms with E-state index >= 15 is 0 Å². The van der Waals surface area contributed by atoms with Crippen LogP contribution in [0.5, 0.6) is 0 Å². The van der Waals surface area contributed by atoms with Gasteiger partial charge in [0.25, 0.3) is 11.5 Å². The number of pyridine rings is 1. The van der Waals surface area contributed by atoms with Gasteiger partial charge in [0.05, 0.1) is 16.9 Å². The van der Waals surface area contributed by atoms with Crippen LogP contribution in [0.3, 0.4) is 0 Å². The highest BCUT2D eigenvalue weighted by Crippen LogP contribution is 2.37. The van der Waals surface area contributed by atoms with E-state index in [1.807, 2.05) is 37.3 Å². The first kappa shape index (κ1) is 24.1. The molecule has 1 amide bonds. The lowest BCUT2D eigenvalue weighted by molar-refractivity contribution is 0.101. The van der Waals surface area contributed by atoms with Crippen molar-refractivity contribution in [3.63, 3.8) is 0 Å². The van der Waals surface area contributed by atoms with Crippen LogP contribution >= 0.6 is 11.6 Å². The Morgan fingerprint density at radius 3 is 2.22 bits per heavy atom. The quantitative estimate of drug-likeness (QED) is 0.252. The minimum Gasteiger partial charge on any atom is -0.396 e. The Balaban J connectivity index is 1.84. The summed E-state index contributed by atoms with van der Waals surface area (Å²) in [6, 6.07) is 23.0. The van der Waals surface area contributed by atoms with Gasteiger partial charge in [-0.1, -0.05) is 59.6 Å². The number of amides is 1. The van der Waals surface area contributed by atoms with Crippen molar-refractivity contribution < 1.29 is 9.59 Å². The van der Waals surface area contributed by atoms with Crippen molar-refractivity contribution in [3.8, 4) is 16.8 Å². The van der Waals surface area contributed by atoms with E-state index in [1.54, 1.807) is 48.5 Å². The monoisotopic (exact) mass is 510 g/mol. The van der Waals surface area contributed by atoms with Crippen LogP contribution in [0.4, 0.5) is 11.4 Å². The summed E-state index contributed by atoms with van der Waals surface area (Å²) in [5.41, 5.74) is 9.71. The normalized spacial score (nSPS) is 11.0. The minimum atomic E-state index is -0.506. The average molecular weight is 511 g/mol. The van der Waals surface area contributed by atoms with E-state index in [9.17, 15) is 14.4 Å². The molecule has 4 N–H and O–H groups in total. The lowest BCUT2D eigenvalue weighted by Gasteiger charge is -2.15. The number of aromatic amines is 1. The molecule has 0 bridgehead atoms. The molecule has 0 radical (unpaired) electrons. The van der Waals surface area contributed by atoms with Gasteiger partial charge in [-0.3, -0.25) is 19.0 Å². The number of carbonyl (C=O) groups is 2. The number of hydrogen-bond acceptors (Lipinski definition) is 4. The van der Waals surface area contributed by atoms with Crippen LogP contribution in [0.15, 0.2) is 83.7 Å². The molecule has 0 atom stereocenters. The number of nitrogens with one attached hydrogen (secondary N) is 2. The summed E-state index contributed by atoms with van der Waals surface area (Å²) < 4.78 is 1.40. The number of H-pyrrole nitrogens is 1. The maximum atomic E-state index is 13.9. The van der Waals surface area contributed by atoms with Gasteiger partial charge in [-0.2, -0.15) is 0 Å². The minimum absolute atomic E-state index is 0.00497. The molecule has 0 fully saturated rings. The van der Waals surface area contributed by atoms with E-state index in [0.717, 1.165) is 5.56 Å². The Morgan fingerprint density at radius 1 is 0.946 bits per heavy atom. The molecule has 2 heterocycles. The molecular formula is C29H23ClN4O3. The molecular weight excluding hydrogens is 488 g/mol. The molecule has 2 aromatic heterocycles. The van der Waals surface area contributed by atoms with Crippen LogP contribution in [0.2, 0.25) is 5.02 Å². The van der Waals surface area contributed by atoms with Gasteiger partial charge in [0.1, 0.15) is 11.3 Å². The molecule has 184 valence electrons. The van der Waals surface area contributed by atoms with Crippen LogP contribution in [0.25, 0.3) is 27.8 Å². The number of carbonyl (C=O) groups excluding carboxylic acids is 2. The number of benzene rings is 3. The number of aromatic nitrogens is 2. The number of anilines is 2. The van der Waals surface area contributed by atoms with Crippen molar-refractivity contribution in [1.82, 2.24) is 9.55 Å². The highest BCUT2D eigenvalue weighted by Gasteiger charge is 2.28. The maximum absolute atomic E-state index is 13.9. The van der Waals surface area contributed by atoms with Gasteiger partial charge < -0.3 is 16.0 Å². The first-order chi connectivity index (χ1) is 17.8. The van der Waals surface area contributed by atoms with Gasteiger partial charge in [0, 0.05) is 21.7 Å². The Morgan fingerprint density at radius 2 is 1.59 bits per heavy atom. The molecule has 5 rings (SSSR count).